The summed E-state index contributed by atoms with van der Waals surface area (Å²) < 4.78 is 53.1. The Morgan fingerprint density at radius 1 is 1.16 bits per heavy atom. The van der Waals surface area contributed by atoms with Crippen LogP contribution < -0.4 is 5.32 Å². The molecule has 2 aromatic heterocycles. The number of nitrogens with zero attached hydrogens (tertiary/aromatic N) is 3. The van der Waals surface area contributed by atoms with E-state index < -0.39 is 60.0 Å². The van der Waals surface area contributed by atoms with Gasteiger partial charge in [0.05, 0.1) is 12.0 Å². The summed E-state index contributed by atoms with van der Waals surface area (Å²) in [4.78, 5) is 56.4. The number of hydrogen-bond acceptors (Lipinski definition) is 12. The highest BCUT2D eigenvalue weighted by atomic mass is 31.3. The van der Waals surface area contributed by atoms with Crippen LogP contribution in [0.3, 0.4) is 0 Å². The van der Waals surface area contributed by atoms with Gasteiger partial charge in [-0.15, -0.1) is 0 Å². The summed E-state index contributed by atoms with van der Waals surface area (Å²) in [6.45, 7) is 1.88. The topological polar surface area (TPSA) is 269 Å². The monoisotopic (exact) mass is 586 g/mol. The maximum absolute atomic E-state index is 12.0. The highest BCUT2D eigenvalue weighted by molar-refractivity contribution is 7.66. The molecule has 0 saturated carbocycles. The fourth-order valence-corrected chi connectivity index (χ4v) is 6.96. The number of nitrogens with one attached hydrogen (secondary N) is 1. The van der Waals surface area contributed by atoms with Crippen molar-refractivity contribution in [3.05, 3.63) is 24.2 Å². The largest absolute Gasteiger partial charge is 0.490 e. The molecule has 21 heteroatoms. The average Bonchev–Trinajstić information content (AvgIpc) is 3.15. The number of allylic oxidation sites excluding steroid dienone is 1. The minimum atomic E-state index is -5.75. The van der Waals surface area contributed by atoms with Crippen LogP contribution in [0.4, 0.5) is 5.82 Å². The van der Waals surface area contributed by atoms with Gasteiger partial charge in [-0.1, -0.05) is 0 Å². The lowest BCUT2D eigenvalue weighted by Gasteiger charge is -2.27. The van der Waals surface area contributed by atoms with Gasteiger partial charge >= 0.3 is 23.5 Å². The Bertz CT molecular complexity index is 1430. The lowest BCUT2D eigenvalue weighted by Crippen LogP contribution is -2.44. The van der Waals surface area contributed by atoms with Crippen LogP contribution >= 0.6 is 23.5 Å². The summed E-state index contributed by atoms with van der Waals surface area (Å²) in [6.07, 6.45) is -0.641. The van der Waals surface area contributed by atoms with Gasteiger partial charge in [0.15, 0.2) is 6.23 Å². The van der Waals surface area contributed by atoms with Crippen LogP contribution in [0.15, 0.2) is 18.6 Å². The van der Waals surface area contributed by atoms with Crippen LogP contribution in [0.25, 0.3) is 16.6 Å². The third-order valence-electron chi connectivity index (χ3n) is 5.45. The molecule has 0 aliphatic carbocycles. The van der Waals surface area contributed by atoms with Gasteiger partial charge in [0.1, 0.15) is 35.6 Å². The first-order chi connectivity index (χ1) is 16.9. The molecule has 204 valence electrons. The lowest BCUT2D eigenvalue weighted by molar-refractivity contribution is -0.111. The predicted molar refractivity (Wildman–Crippen MR) is 120 cm³/mol. The molecular formula is C16H21N4O14P3. The molecular weight excluding hydrogens is 565 g/mol. The fourth-order valence-electron chi connectivity index (χ4n) is 3.93. The van der Waals surface area contributed by atoms with Crippen molar-refractivity contribution in [3.63, 3.8) is 0 Å². The summed E-state index contributed by atoms with van der Waals surface area (Å²) in [6, 6.07) is 0. The zero-order valence-corrected chi connectivity index (χ0v) is 21.5. The fraction of sp³-hybridized carbons (Fsp3) is 0.438. The molecule has 7 N–H and O–H groups in total. The first-order valence-electron chi connectivity index (χ1n) is 10.1. The molecule has 18 nitrogen and oxygen atoms in total. The number of phosphoric ester groups is 1. The Hall–Kier alpha value is -1.88. The van der Waals surface area contributed by atoms with Gasteiger partial charge in [0, 0.05) is 17.8 Å². The van der Waals surface area contributed by atoms with Crippen LogP contribution in [0.5, 0.6) is 0 Å². The lowest BCUT2D eigenvalue weighted by atomic mass is 9.96. The molecule has 4 rings (SSSR count). The minimum Gasteiger partial charge on any atom is -0.387 e. The van der Waals surface area contributed by atoms with E-state index in [2.05, 4.69) is 28.4 Å². The minimum absolute atomic E-state index is 0.194. The molecule has 0 bridgehead atoms. The highest BCUT2D eigenvalue weighted by Gasteiger charge is 2.54. The molecule has 2 aromatic rings. The summed E-state index contributed by atoms with van der Waals surface area (Å²) in [5, 5.41) is 24.7. The van der Waals surface area contributed by atoms with E-state index in [4.69, 9.17) is 14.5 Å². The Balaban J connectivity index is 1.58. The van der Waals surface area contributed by atoms with Crippen molar-refractivity contribution in [2.75, 3.05) is 11.9 Å². The van der Waals surface area contributed by atoms with Crippen molar-refractivity contribution in [2.45, 2.75) is 37.9 Å². The van der Waals surface area contributed by atoms with E-state index >= 15 is 0 Å². The van der Waals surface area contributed by atoms with Gasteiger partial charge in [-0.3, -0.25) is 9.32 Å². The number of aromatic nitrogens is 3. The zero-order valence-electron chi connectivity index (χ0n) is 18.8. The number of hydrogen-bond donors (Lipinski definition) is 7. The van der Waals surface area contributed by atoms with Gasteiger partial charge in [0.2, 0.25) is 5.91 Å². The molecule has 0 radical (unpaired) electrons. The zero-order chi connectivity index (χ0) is 27.6. The van der Waals surface area contributed by atoms with E-state index in [1.54, 1.807) is 6.92 Å². The number of phosphoric acid groups is 3. The Morgan fingerprint density at radius 2 is 1.84 bits per heavy atom. The van der Waals surface area contributed by atoms with E-state index in [0.29, 0.717) is 16.5 Å². The number of ether oxygens (including phenoxy) is 1. The second-order valence-electron chi connectivity index (χ2n) is 8.27. The molecule has 2 aliphatic heterocycles. The van der Waals surface area contributed by atoms with Crippen molar-refractivity contribution >= 4 is 51.8 Å². The van der Waals surface area contributed by atoms with Crippen LogP contribution in [-0.4, -0.2) is 74.6 Å². The van der Waals surface area contributed by atoms with Crippen molar-refractivity contribution < 1.29 is 66.2 Å². The van der Waals surface area contributed by atoms with Crippen molar-refractivity contribution in [3.8, 4) is 0 Å². The van der Waals surface area contributed by atoms with Gasteiger partial charge in [-0.05, 0) is 19.4 Å². The molecule has 2 unspecified atom stereocenters. The summed E-state index contributed by atoms with van der Waals surface area (Å²) >= 11 is 0. The Kier molecular flexibility index (Phi) is 7.14. The number of anilines is 1. The summed E-state index contributed by atoms with van der Waals surface area (Å²) in [5.74, 6) is -0.217. The van der Waals surface area contributed by atoms with E-state index in [-0.39, 0.29) is 11.5 Å². The quantitative estimate of drug-likeness (QED) is 0.203. The van der Waals surface area contributed by atoms with Crippen LogP contribution in [0, 0.1) is 0 Å². The second kappa shape index (κ2) is 9.39. The molecule has 0 spiro atoms. The molecule has 1 amide bonds. The summed E-state index contributed by atoms with van der Waals surface area (Å²) in [7, 11) is -16.8. The van der Waals surface area contributed by atoms with Gasteiger partial charge in [-0.25, -0.2) is 23.7 Å². The third kappa shape index (κ3) is 5.77. The number of aliphatic hydroxyl groups is 2. The predicted octanol–water partition coefficient (Wildman–Crippen LogP) is 0.139. The van der Waals surface area contributed by atoms with E-state index in [0.717, 1.165) is 6.33 Å². The summed E-state index contributed by atoms with van der Waals surface area (Å²) in [5.41, 5.74) is -0.781. The van der Waals surface area contributed by atoms with E-state index in [1.165, 1.54) is 23.8 Å². The standard InChI is InChI=1S/C16H21N4O14P3/c1-7-3-10(21)19-13-11-8(7)4-20(14(11)18-6-17-13)15-16(2,23)12(22)9(32-15)5-31-36(27,28)34-37(29,30)33-35(24,25)26/h3-4,6,9,12,15,22-23H,5H2,1-2H3,(H,27,28)(H,29,30)(H2,24,25,26)(H,17,18,19,21)/t9-,12-,15-,16-/m1/s1. The third-order valence-corrected chi connectivity index (χ3v) is 9.25. The molecule has 4 heterocycles. The van der Waals surface area contributed by atoms with E-state index in [1.807, 2.05) is 0 Å². The van der Waals surface area contributed by atoms with Gasteiger partial charge < -0.3 is 44.4 Å². The maximum Gasteiger partial charge on any atom is 0.490 e. The number of carbonyl (C=O) groups is 1. The second-order valence-corrected chi connectivity index (χ2v) is 12.7. The molecule has 0 aromatic carbocycles. The molecule has 6 atom stereocenters. The SMILES string of the molecule is CC1=CC(=O)Nc2ncnc3c2c1cn3[C@@H]1O[C@H](COP(=O)(O)OP(=O)(O)OP(=O)(O)O)[C@@H](O)[C@@]1(C)O. The Labute approximate surface area is 206 Å². The number of aliphatic hydroxyl groups excluding tert-OH is 1. The first-order valence-corrected chi connectivity index (χ1v) is 14.6. The van der Waals surface area contributed by atoms with Gasteiger partial charge in [0.25, 0.3) is 0 Å². The van der Waals surface area contributed by atoms with Crippen LogP contribution in [0.2, 0.25) is 0 Å². The average molecular weight is 586 g/mol. The molecule has 37 heavy (non-hydrogen) atoms. The van der Waals surface area contributed by atoms with E-state index in [9.17, 15) is 38.5 Å². The Morgan fingerprint density at radius 3 is 2.49 bits per heavy atom. The smallest absolute Gasteiger partial charge is 0.387 e. The van der Waals surface area contributed by atoms with Crippen molar-refractivity contribution in [2.24, 2.45) is 0 Å². The molecule has 1 fully saturated rings. The number of rotatable bonds is 8. The molecule has 2 aliphatic rings. The van der Waals surface area contributed by atoms with Crippen molar-refractivity contribution in [1.29, 1.82) is 0 Å². The highest BCUT2D eigenvalue weighted by Crippen LogP contribution is 2.66. The van der Waals surface area contributed by atoms with Crippen molar-refractivity contribution in [1.82, 2.24) is 14.5 Å². The van der Waals surface area contributed by atoms with Crippen LogP contribution in [0.1, 0.15) is 25.6 Å². The maximum atomic E-state index is 12.0. The number of carbonyl (C=O) groups excluding carboxylic acids is 1. The first kappa shape index (κ1) is 28.1. The number of amides is 1. The van der Waals surface area contributed by atoms with Gasteiger partial charge in [-0.2, -0.15) is 8.62 Å². The normalized spacial score (nSPS) is 29.4. The van der Waals surface area contributed by atoms with Crippen LogP contribution in [-0.2, 0) is 36.4 Å². The molecule has 1 saturated heterocycles.